The molecule has 0 aliphatic rings. The first-order chi connectivity index (χ1) is 14.3. The molecule has 30 heavy (non-hydrogen) atoms. The lowest BCUT2D eigenvalue weighted by Gasteiger charge is -2.07. The number of aromatic amines is 1. The molecular formula is C22H22N2O6. The largest absolute Gasteiger partial charge is 0.462 e. The normalized spacial score (nSPS) is 10.7. The van der Waals surface area contributed by atoms with Gasteiger partial charge in [-0.2, -0.15) is 0 Å². The molecule has 8 nitrogen and oxygen atoms in total. The molecule has 8 heteroatoms. The Morgan fingerprint density at radius 1 is 0.933 bits per heavy atom. The van der Waals surface area contributed by atoms with E-state index >= 15 is 0 Å². The van der Waals surface area contributed by atoms with E-state index in [1.54, 1.807) is 39.8 Å². The summed E-state index contributed by atoms with van der Waals surface area (Å²) in [6.45, 7) is 6.26. The molecule has 1 aromatic carbocycles. The predicted molar refractivity (Wildman–Crippen MR) is 108 cm³/mol. The van der Waals surface area contributed by atoms with Gasteiger partial charge in [0, 0.05) is 17.0 Å². The average Bonchev–Trinajstić information content (AvgIpc) is 3.25. The summed E-state index contributed by atoms with van der Waals surface area (Å²) in [4.78, 5) is 40.7. The van der Waals surface area contributed by atoms with Crippen LogP contribution in [0.5, 0.6) is 0 Å². The summed E-state index contributed by atoms with van der Waals surface area (Å²) in [5.74, 6) is -1.56. The average molecular weight is 410 g/mol. The van der Waals surface area contributed by atoms with Crippen molar-refractivity contribution >= 4 is 17.7 Å². The summed E-state index contributed by atoms with van der Waals surface area (Å²) in [5, 5.41) is 3.94. The molecule has 1 N–H and O–H groups in total. The second kappa shape index (κ2) is 8.77. The third kappa shape index (κ3) is 4.03. The van der Waals surface area contributed by atoms with Gasteiger partial charge in [-0.25, -0.2) is 9.59 Å². The van der Waals surface area contributed by atoms with E-state index in [2.05, 4.69) is 10.1 Å². The molecule has 0 aliphatic carbocycles. The van der Waals surface area contributed by atoms with Crippen molar-refractivity contribution in [3.63, 3.8) is 0 Å². The van der Waals surface area contributed by atoms with Crippen molar-refractivity contribution < 1.29 is 28.4 Å². The maximum absolute atomic E-state index is 12.8. The molecule has 2 aromatic heterocycles. The molecule has 0 atom stereocenters. The van der Waals surface area contributed by atoms with Crippen LogP contribution in [0.2, 0.25) is 0 Å². The van der Waals surface area contributed by atoms with Gasteiger partial charge in [-0.3, -0.25) is 4.79 Å². The number of nitrogens with one attached hydrogen (secondary N) is 1. The van der Waals surface area contributed by atoms with Gasteiger partial charge in [-0.05, 0) is 27.7 Å². The number of benzene rings is 1. The third-order valence-electron chi connectivity index (χ3n) is 4.58. The van der Waals surface area contributed by atoms with Crippen LogP contribution in [0.15, 0.2) is 34.9 Å². The highest BCUT2D eigenvalue weighted by Gasteiger charge is 2.28. The van der Waals surface area contributed by atoms with Gasteiger partial charge in [0.1, 0.15) is 17.0 Å². The molecule has 3 rings (SSSR count). The minimum Gasteiger partial charge on any atom is -0.462 e. The Morgan fingerprint density at radius 2 is 1.57 bits per heavy atom. The Morgan fingerprint density at radius 3 is 2.23 bits per heavy atom. The minimum absolute atomic E-state index is 0.154. The van der Waals surface area contributed by atoms with E-state index in [-0.39, 0.29) is 29.1 Å². The number of ketones is 1. The first kappa shape index (κ1) is 21.0. The summed E-state index contributed by atoms with van der Waals surface area (Å²) < 4.78 is 15.4. The molecule has 0 fully saturated rings. The topological polar surface area (TPSA) is 111 Å². The monoisotopic (exact) mass is 410 g/mol. The van der Waals surface area contributed by atoms with Crippen molar-refractivity contribution in [2.45, 2.75) is 27.7 Å². The Hall–Kier alpha value is -3.68. The van der Waals surface area contributed by atoms with Crippen LogP contribution in [0.25, 0.3) is 11.3 Å². The quantitative estimate of drug-likeness (QED) is 0.466. The highest BCUT2D eigenvalue weighted by Crippen LogP contribution is 2.26. The maximum atomic E-state index is 12.8. The zero-order valence-electron chi connectivity index (χ0n) is 17.2. The standard InChI is InChI=1S/C22H22N2O6/c1-5-28-21(26)18-13(3)23-12(2)17(18)16(25)11-29-22(27)19-14(4)30-24-20(19)15-9-7-6-8-10-15/h6-10,23H,5,11H2,1-4H3. The number of Topliss-reactive ketones (excluding diaryl/α,β-unsaturated/α-hetero) is 1. The van der Waals surface area contributed by atoms with Crippen LogP contribution in [0.3, 0.4) is 0 Å². The van der Waals surface area contributed by atoms with Crippen molar-refractivity contribution in [1.82, 2.24) is 10.1 Å². The lowest BCUT2D eigenvalue weighted by atomic mass is 10.0. The van der Waals surface area contributed by atoms with Crippen molar-refractivity contribution in [3.8, 4) is 11.3 Å². The Bertz CT molecular complexity index is 1090. The molecule has 0 saturated carbocycles. The van der Waals surface area contributed by atoms with Gasteiger partial charge in [0.2, 0.25) is 5.78 Å². The van der Waals surface area contributed by atoms with Gasteiger partial charge in [-0.15, -0.1) is 0 Å². The number of carbonyl (C=O) groups is 3. The fourth-order valence-corrected chi connectivity index (χ4v) is 3.27. The van der Waals surface area contributed by atoms with Crippen LogP contribution in [-0.4, -0.2) is 41.1 Å². The number of hydrogen-bond donors (Lipinski definition) is 1. The molecule has 0 unspecified atom stereocenters. The van der Waals surface area contributed by atoms with Crippen LogP contribution in [-0.2, 0) is 9.47 Å². The number of esters is 2. The molecule has 0 bridgehead atoms. The first-order valence-corrected chi connectivity index (χ1v) is 9.43. The van der Waals surface area contributed by atoms with Crippen molar-refractivity contribution in [3.05, 3.63) is 64.2 Å². The van der Waals surface area contributed by atoms with Crippen molar-refractivity contribution in [2.75, 3.05) is 13.2 Å². The van der Waals surface area contributed by atoms with E-state index in [0.717, 1.165) is 0 Å². The number of rotatable bonds is 7. The SMILES string of the molecule is CCOC(=O)c1c(C)[nH]c(C)c1C(=O)COC(=O)c1c(-c2ccccc2)noc1C. The number of ether oxygens (including phenoxy) is 2. The summed E-state index contributed by atoms with van der Waals surface area (Å²) in [6, 6.07) is 9.04. The van der Waals surface area contributed by atoms with Crippen LogP contribution < -0.4 is 0 Å². The minimum atomic E-state index is -0.733. The summed E-state index contributed by atoms with van der Waals surface area (Å²) >= 11 is 0. The van der Waals surface area contributed by atoms with Gasteiger partial charge in [0.25, 0.3) is 0 Å². The third-order valence-corrected chi connectivity index (χ3v) is 4.58. The van der Waals surface area contributed by atoms with Crippen molar-refractivity contribution in [1.29, 1.82) is 0 Å². The fourth-order valence-electron chi connectivity index (χ4n) is 3.27. The van der Waals surface area contributed by atoms with Crippen molar-refractivity contribution in [2.24, 2.45) is 0 Å². The fraction of sp³-hybridized carbons (Fsp3) is 0.273. The number of aryl methyl sites for hydroxylation is 3. The Kier molecular flexibility index (Phi) is 6.15. The second-order valence-electron chi connectivity index (χ2n) is 6.67. The van der Waals surface area contributed by atoms with Crippen LogP contribution >= 0.6 is 0 Å². The molecule has 0 aliphatic heterocycles. The van der Waals surface area contributed by atoms with E-state index in [1.807, 2.05) is 18.2 Å². The number of nitrogens with zero attached hydrogens (tertiary/aromatic N) is 1. The second-order valence-corrected chi connectivity index (χ2v) is 6.67. The smallest absolute Gasteiger partial charge is 0.344 e. The molecule has 0 spiro atoms. The molecular weight excluding hydrogens is 388 g/mol. The Balaban J connectivity index is 1.81. The maximum Gasteiger partial charge on any atom is 0.344 e. The first-order valence-electron chi connectivity index (χ1n) is 9.43. The van der Waals surface area contributed by atoms with Gasteiger partial charge in [0.05, 0.1) is 17.7 Å². The molecule has 156 valence electrons. The van der Waals surface area contributed by atoms with Gasteiger partial charge < -0.3 is 19.0 Å². The van der Waals surface area contributed by atoms with Gasteiger partial charge >= 0.3 is 11.9 Å². The lowest BCUT2D eigenvalue weighted by Crippen LogP contribution is -2.18. The number of carbonyl (C=O) groups excluding carboxylic acids is 3. The van der Waals surface area contributed by atoms with Crippen LogP contribution in [0.4, 0.5) is 0 Å². The zero-order chi connectivity index (χ0) is 21.8. The molecule has 2 heterocycles. The van der Waals surface area contributed by atoms with E-state index in [0.29, 0.717) is 22.6 Å². The van der Waals surface area contributed by atoms with Gasteiger partial charge in [0.15, 0.2) is 6.61 Å². The van der Waals surface area contributed by atoms with E-state index < -0.39 is 24.3 Å². The van der Waals surface area contributed by atoms with Crippen LogP contribution in [0, 0.1) is 20.8 Å². The molecule has 0 radical (unpaired) electrons. The van der Waals surface area contributed by atoms with E-state index in [1.165, 1.54) is 0 Å². The van der Waals surface area contributed by atoms with E-state index in [4.69, 9.17) is 14.0 Å². The summed E-state index contributed by atoms with van der Waals surface area (Å²) in [7, 11) is 0. The summed E-state index contributed by atoms with van der Waals surface area (Å²) in [5.41, 5.74) is 2.51. The number of H-pyrrole nitrogens is 1. The highest BCUT2D eigenvalue weighted by atomic mass is 16.5. The molecule has 0 amide bonds. The Labute approximate surface area is 173 Å². The molecule has 3 aromatic rings. The lowest BCUT2D eigenvalue weighted by molar-refractivity contribution is 0.0471. The summed E-state index contributed by atoms with van der Waals surface area (Å²) in [6.07, 6.45) is 0. The molecule has 0 saturated heterocycles. The zero-order valence-corrected chi connectivity index (χ0v) is 17.2. The number of hydrogen-bond acceptors (Lipinski definition) is 7. The highest BCUT2D eigenvalue weighted by molar-refractivity contribution is 6.09. The van der Waals surface area contributed by atoms with Gasteiger partial charge in [-0.1, -0.05) is 35.5 Å². The number of aromatic nitrogens is 2. The predicted octanol–water partition coefficient (Wildman–Crippen LogP) is 3.81. The van der Waals surface area contributed by atoms with E-state index in [9.17, 15) is 14.4 Å². The van der Waals surface area contributed by atoms with Crippen LogP contribution in [0.1, 0.15) is 55.1 Å².